The minimum absolute atomic E-state index is 0.0941. The summed E-state index contributed by atoms with van der Waals surface area (Å²) in [5, 5.41) is 10.6. The van der Waals surface area contributed by atoms with Gasteiger partial charge in [0.15, 0.2) is 5.69 Å². The number of aliphatic imine (C=N–C) groups is 1. The maximum atomic E-state index is 13.9. The molecule has 3 rings (SSSR count). The van der Waals surface area contributed by atoms with Crippen LogP contribution in [-0.2, 0) is 11.0 Å². The lowest BCUT2D eigenvalue weighted by Gasteiger charge is -2.30. The molecule has 1 aromatic carbocycles. The number of carbonyl (C=O) groups excluding carboxylic acids is 1. The molecule has 0 saturated carbocycles. The first kappa shape index (κ1) is 26.9. The highest BCUT2D eigenvalue weighted by Gasteiger charge is 2.35. The van der Waals surface area contributed by atoms with Gasteiger partial charge in [-0.2, -0.15) is 18.4 Å². The predicted molar refractivity (Wildman–Crippen MR) is 130 cm³/mol. The van der Waals surface area contributed by atoms with Crippen molar-refractivity contribution in [2.24, 2.45) is 22.5 Å². The average Bonchev–Trinajstić information content (AvgIpc) is 2.85. The Morgan fingerprint density at radius 3 is 2.61 bits per heavy atom. The number of primary amides is 1. The summed E-state index contributed by atoms with van der Waals surface area (Å²) in [6.07, 6.45) is -2.78. The number of rotatable bonds is 9. The van der Waals surface area contributed by atoms with E-state index in [1.165, 1.54) is 30.3 Å². The van der Waals surface area contributed by atoms with Crippen LogP contribution in [0, 0.1) is 17.2 Å². The molecule has 1 amide bonds. The largest absolute Gasteiger partial charge is 0.493 e. The molecule has 1 aliphatic heterocycles. The van der Waals surface area contributed by atoms with E-state index >= 15 is 0 Å². The first-order valence-electron chi connectivity index (χ1n) is 11.3. The number of piperidine rings is 1. The topological polar surface area (TPSA) is 134 Å². The maximum Gasteiger partial charge on any atom is 0.419 e. The molecule has 36 heavy (non-hydrogen) atoms. The molecule has 1 aromatic heterocycles. The van der Waals surface area contributed by atoms with Gasteiger partial charge in [-0.3, -0.25) is 9.79 Å². The fourth-order valence-electron chi connectivity index (χ4n) is 4.12. The Hall–Kier alpha value is -3.69. The van der Waals surface area contributed by atoms with Crippen LogP contribution < -0.4 is 21.3 Å². The molecule has 0 bridgehead atoms. The number of aromatic nitrogens is 1. The van der Waals surface area contributed by atoms with Crippen molar-refractivity contribution in [1.82, 2.24) is 9.88 Å². The standard InChI is InChI=1S/C24H28F3N7O2/c1-31-22-19(14-28)32-18(13-20(22)33(2)30)16-4-5-21(17(12-16)24(25,26)27)36-11-3-8-34-9-6-15(7-10-34)23(29)35/h4-5,12-13,15H,1,3,6-11,30H2,2H3,(H2,29,35). The van der Waals surface area contributed by atoms with Crippen molar-refractivity contribution >= 4 is 24.0 Å². The Morgan fingerprint density at radius 2 is 2.06 bits per heavy atom. The molecule has 12 heteroatoms. The highest BCUT2D eigenvalue weighted by atomic mass is 19.4. The van der Waals surface area contributed by atoms with Crippen molar-refractivity contribution < 1.29 is 22.7 Å². The van der Waals surface area contributed by atoms with E-state index in [-0.39, 0.29) is 46.8 Å². The number of alkyl halides is 3. The van der Waals surface area contributed by atoms with Crippen molar-refractivity contribution in [3.05, 3.63) is 35.5 Å². The van der Waals surface area contributed by atoms with E-state index in [9.17, 15) is 23.2 Å². The Morgan fingerprint density at radius 1 is 1.36 bits per heavy atom. The summed E-state index contributed by atoms with van der Waals surface area (Å²) in [6, 6.07) is 6.96. The summed E-state index contributed by atoms with van der Waals surface area (Å²) >= 11 is 0. The second-order valence-electron chi connectivity index (χ2n) is 8.53. The molecule has 0 radical (unpaired) electrons. The number of nitriles is 1. The number of carbonyl (C=O) groups is 1. The van der Waals surface area contributed by atoms with Crippen molar-refractivity contribution in [2.45, 2.75) is 25.4 Å². The van der Waals surface area contributed by atoms with Gasteiger partial charge >= 0.3 is 6.18 Å². The minimum atomic E-state index is -4.67. The van der Waals surface area contributed by atoms with Crippen molar-refractivity contribution in [1.29, 1.82) is 5.26 Å². The normalized spacial score (nSPS) is 14.8. The number of pyridine rings is 1. The van der Waals surface area contributed by atoms with Gasteiger partial charge in [-0.05, 0) is 63.3 Å². The molecule has 0 spiro atoms. The number of hydrogen-bond donors (Lipinski definition) is 2. The molecule has 1 fully saturated rings. The van der Waals surface area contributed by atoms with Crippen LogP contribution in [0.3, 0.4) is 0 Å². The Bertz CT molecular complexity index is 1150. The van der Waals surface area contributed by atoms with Crippen LogP contribution in [0.25, 0.3) is 11.3 Å². The van der Waals surface area contributed by atoms with Gasteiger partial charge in [0.2, 0.25) is 5.91 Å². The molecule has 1 aliphatic rings. The van der Waals surface area contributed by atoms with Gasteiger partial charge in [0, 0.05) is 25.1 Å². The zero-order chi connectivity index (χ0) is 26.5. The fourth-order valence-corrected chi connectivity index (χ4v) is 4.12. The van der Waals surface area contributed by atoms with Crippen molar-refractivity contribution in [3.8, 4) is 23.1 Å². The van der Waals surface area contributed by atoms with E-state index in [0.717, 1.165) is 6.07 Å². The van der Waals surface area contributed by atoms with Crippen LogP contribution in [0.1, 0.15) is 30.5 Å². The second kappa shape index (κ2) is 11.4. The third-order valence-corrected chi connectivity index (χ3v) is 6.06. The number of nitrogens with two attached hydrogens (primary N) is 2. The maximum absolute atomic E-state index is 13.9. The fraction of sp³-hybridized carbons (Fsp3) is 0.417. The van der Waals surface area contributed by atoms with Gasteiger partial charge < -0.3 is 20.4 Å². The first-order chi connectivity index (χ1) is 17.0. The Labute approximate surface area is 207 Å². The quantitative estimate of drug-likeness (QED) is 0.232. The lowest BCUT2D eigenvalue weighted by molar-refractivity contribution is -0.139. The average molecular weight is 504 g/mol. The van der Waals surface area contributed by atoms with Crippen LogP contribution in [0.5, 0.6) is 5.75 Å². The Balaban J connectivity index is 1.76. The van der Waals surface area contributed by atoms with Crippen LogP contribution in [-0.4, -0.2) is 55.8 Å². The minimum Gasteiger partial charge on any atom is -0.493 e. The molecular weight excluding hydrogens is 475 g/mol. The molecule has 2 aromatic rings. The van der Waals surface area contributed by atoms with Crippen molar-refractivity contribution in [3.63, 3.8) is 0 Å². The van der Waals surface area contributed by atoms with Gasteiger partial charge in [0.05, 0.1) is 23.6 Å². The smallest absolute Gasteiger partial charge is 0.419 e. The lowest BCUT2D eigenvalue weighted by atomic mass is 9.96. The summed E-state index contributed by atoms with van der Waals surface area (Å²) < 4.78 is 47.1. The van der Waals surface area contributed by atoms with E-state index in [1.807, 2.05) is 6.07 Å². The number of hydrogen-bond acceptors (Lipinski definition) is 8. The second-order valence-corrected chi connectivity index (χ2v) is 8.53. The van der Waals surface area contributed by atoms with Crippen molar-refractivity contribution in [2.75, 3.05) is 38.3 Å². The van der Waals surface area contributed by atoms with E-state index in [2.05, 4.69) is 21.6 Å². The van der Waals surface area contributed by atoms with Crippen LogP contribution >= 0.6 is 0 Å². The highest BCUT2D eigenvalue weighted by Crippen LogP contribution is 2.40. The van der Waals surface area contributed by atoms with Crippen LogP contribution in [0.4, 0.5) is 24.5 Å². The van der Waals surface area contributed by atoms with E-state index in [0.29, 0.717) is 44.6 Å². The summed E-state index contributed by atoms with van der Waals surface area (Å²) in [4.78, 5) is 21.3. The monoisotopic (exact) mass is 503 g/mol. The number of ether oxygens (including phenoxy) is 1. The summed E-state index contributed by atoms with van der Waals surface area (Å²) in [5.41, 5.74) is 4.99. The number of hydrazine groups is 1. The number of likely N-dealkylation sites (tertiary alicyclic amines) is 1. The predicted octanol–water partition coefficient (Wildman–Crippen LogP) is 3.25. The van der Waals surface area contributed by atoms with E-state index in [1.54, 1.807) is 0 Å². The number of anilines is 1. The zero-order valence-corrected chi connectivity index (χ0v) is 19.9. The molecule has 0 unspecified atom stereocenters. The summed E-state index contributed by atoms with van der Waals surface area (Å²) in [6.45, 7) is 5.58. The van der Waals surface area contributed by atoms with Gasteiger partial charge in [-0.25, -0.2) is 10.8 Å². The van der Waals surface area contributed by atoms with Gasteiger partial charge in [0.25, 0.3) is 0 Å². The SMILES string of the molecule is C=Nc1c(N(C)N)cc(-c2ccc(OCCCN3CCC(C(N)=O)CC3)c(C(F)(F)F)c2)nc1C#N. The molecule has 2 heterocycles. The van der Waals surface area contributed by atoms with Crippen LogP contribution in [0.2, 0.25) is 0 Å². The first-order valence-corrected chi connectivity index (χ1v) is 11.3. The van der Waals surface area contributed by atoms with E-state index < -0.39 is 11.7 Å². The summed E-state index contributed by atoms with van der Waals surface area (Å²) in [7, 11) is 1.51. The van der Waals surface area contributed by atoms with Gasteiger partial charge in [-0.1, -0.05) is 0 Å². The highest BCUT2D eigenvalue weighted by molar-refractivity contribution is 5.79. The van der Waals surface area contributed by atoms with Gasteiger partial charge in [-0.15, -0.1) is 0 Å². The third-order valence-electron chi connectivity index (χ3n) is 6.06. The van der Waals surface area contributed by atoms with E-state index in [4.69, 9.17) is 16.3 Å². The number of benzene rings is 1. The number of amides is 1. The molecule has 9 nitrogen and oxygen atoms in total. The number of nitrogens with zero attached hydrogens (tertiary/aromatic N) is 5. The molecular formula is C24H28F3N7O2. The number of halogens is 3. The third kappa shape index (κ3) is 6.30. The molecule has 4 N–H and O–H groups in total. The molecule has 0 aliphatic carbocycles. The molecule has 192 valence electrons. The molecule has 1 saturated heterocycles. The summed E-state index contributed by atoms with van der Waals surface area (Å²) in [5.74, 6) is 5.11. The van der Waals surface area contributed by atoms with Gasteiger partial charge in [0.1, 0.15) is 17.5 Å². The van der Waals surface area contributed by atoms with Crippen LogP contribution in [0.15, 0.2) is 29.3 Å². The Kier molecular flexibility index (Phi) is 8.49. The zero-order valence-electron chi connectivity index (χ0n) is 19.9. The molecule has 0 atom stereocenters. The lowest BCUT2D eigenvalue weighted by Crippen LogP contribution is -2.39.